The molecule has 74 valence electrons. The fraction of sp³-hybridized carbons (Fsp3) is 0.500. The number of nitrogens with one attached hydrogen (secondary N) is 1. The summed E-state index contributed by atoms with van der Waals surface area (Å²) in [5, 5.41) is 3.02. The van der Waals surface area contributed by atoms with E-state index in [-0.39, 0.29) is 5.41 Å². The number of likely N-dealkylation sites (N-methyl/N-ethyl adjacent to an activating group) is 1. The average molecular weight is 179 g/mol. The normalized spacial score (nSPS) is 13.5. The second-order valence-electron chi connectivity index (χ2n) is 4.12. The van der Waals surface area contributed by atoms with Crippen molar-refractivity contribution in [2.45, 2.75) is 27.7 Å². The number of rotatable bonds is 3. The molecule has 0 aliphatic rings. The Balaban J connectivity index is 4.81. The Labute approximate surface area is 82.2 Å². The van der Waals surface area contributed by atoms with E-state index in [2.05, 4.69) is 50.9 Å². The highest BCUT2D eigenvalue weighted by molar-refractivity contribution is 5.31. The van der Waals surface area contributed by atoms with Crippen molar-refractivity contribution in [2.24, 2.45) is 5.41 Å². The van der Waals surface area contributed by atoms with Crippen molar-refractivity contribution in [3.63, 3.8) is 0 Å². The summed E-state index contributed by atoms with van der Waals surface area (Å²) in [6.45, 7) is 12.5. The van der Waals surface area contributed by atoms with Crippen LogP contribution in [0.2, 0.25) is 0 Å². The van der Waals surface area contributed by atoms with Crippen LogP contribution >= 0.6 is 0 Å². The summed E-state index contributed by atoms with van der Waals surface area (Å²) < 4.78 is 0. The number of hydrogen-bond donors (Lipinski definition) is 1. The minimum Gasteiger partial charge on any atom is -0.389 e. The topological polar surface area (TPSA) is 12.0 Å². The van der Waals surface area contributed by atoms with E-state index in [1.165, 1.54) is 5.57 Å². The lowest BCUT2D eigenvalue weighted by Crippen LogP contribution is -2.10. The predicted molar refractivity (Wildman–Crippen MR) is 60.6 cm³/mol. The van der Waals surface area contributed by atoms with Crippen LogP contribution in [0.1, 0.15) is 27.7 Å². The van der Waals surface area contributed by atoms with Gasteiger partial charge in [0.25, 0.3) is 0 Å². The lowest BCUT2D eigenvalue weighted by molar-refractivity contribution is 0.516. The molecule has 0 amide bonds. The maximum absolute atomic E-state index is 3.89. The van der Waals surface area contributed by atoms with Crippen LogP contribution in [-0.2, 0) is 0 Å². The lowest BCUT2D eigenvalue weighted by Gasteiger charge is -2.20. The van der Waals surface area contributed by atoms with Gasteiger partial charge in [-0.1, -0.05) is 39.5 Å². The standard InChI is InChI=1S/C12H21N/c1-7-8-11(12(3,4)5)9-10(2)13-6/h7-9,13H,2H2,1,3-6H3/b8-7-,11-9+. The van der Waals surface area contributed by atoms with E-state index in [1.807, 2.05) is 14.0 Å². The van der Waals surface area contributed by atoms with Crippen molar-refractivity contribution in [1.29, 1.82) is 0 Å². The Hall–Kier alpha value is -0.980. The Morgan fingerprint density at radius 1 is 1.31 bits per heavy atom. The van der Waals surface area contributed by atoms with Gasteiger partial charge in [-0.15, -0.1) is 0 Å². The summed E-state index contributed by atoms with van der Waals surface area (Å²) >= 11 is 0. The molecule has 1 nitrogen and oxygen atoms in total. The summed E-state index contributed by atoms with van der Waals surface area (Å²) in [7, 11) is 1.88. The molecule has 1 heteroatoms. The van der Waals surface area contributed by atoms with Gasteiger partial charge in [0.15, 0.2) is 0 Å². The third-order valence-corrected chi connectivity index (χ3v) is 1.86. The summed E-state index contributed by atoms with van der Waals surface area (Å²) in [6.07, 6.45) is 6.27. The van der Waals surface area contributed by atoms with Gasteiger partial charge in [-0.25, -0.2) is 0 Å². The summed E-state index contributed by atoms with van der Waals surface area (Å²) in [4.78, 5) is 0. The molecule has 0 saturated carbocycles. The Kier molecular flexibility index (Phi) is 4.53. The van der Waals surface area contributed by atoms with Gasteiger partial charge in [0.2, 0.25) is 0 Å². The van der Waals surface area contributed by atoms with E-state index in [4.69, 9.17) is 0 Å². The van der Waals surface area contributed by atoms with E-state index < -0.39 is 0 Å². The number of hydrogen-bond acceptors (Lipinski definition) is 1. The van der Waals surface area contributed by atoms with Crippen molar-refractivity contribution in [3.8, 4) is 0 Å². The molecule has 13 heavy (non-hydrogen) atoms. The second-order valence-corrected chi connectivity index (χ2v) is 4.12. The van der Waals surface area contributed by atoms with Crippen LogP contribution in [-0.4, -0.2) is 7.05 Å². The van der Waals surface area contributed by atoms with Crippen molar-refractivity contribution in [1.82, 2.24) is 5.32 Å². The molecule has 0 aromatic carbocycles. The van der Waals surface area contributed by atoms with Crippen molar-refractivity contribution >= 4 is 0 Å². The molecule has 0 bridgehead atoms. The van der Waals surface area contributed by atoms with Gasteiger partial charge >= 0.3 is 0 Å². The summed E-state index contributed by atoms with van der Waals surface area (Å²) in [6, 6.07) is 0. The van der Waals surface area contributed by atoms with Gasteiger partial charge in [-0.2, -0.15) is 0 Å². The molecular formula is C12H21N. The summed E-state index contributed by atoms with van der Waals surface area (Å²) in [5.74, 6) is 0. The predicted octanol–water partition coefficient (Wildman–Crippen LogP) is 3.27. The molecule has 0 fully saturated rings. The minimum atomic E-state index is 0.173. The van der Waals surface area contributed by atoms with Crippen LogP contribution in [0.15, 0.2) is 36.1 Å². The van der Waals surface area contributed by atoms with Gasteiger partial charge in [-0.3, -0.25) is 0 Å². The molecular weight excluding hydrogens is 158 g/mol. The van der Waals surface area contributed by atoms with Gasteiger partial charge in [-0.05, 0) is 24.0 Å². The first-order valence-corrected chi connectivity index (χ1v) is 4.63. The lowest BCUT2D eigenvalue weighted by atomic mass is 9.85. The first-order chi connectivity index (χ1) is 5.91. The first-order valence-electron chi connectivity index (χ1n) is 4.63. The molecule has 0 aromatic heterocycles. The van der Waals surface area contributed by atoms with E-state index in [9.17, 15) is 0 Å². The smallest absolute Gasteiger partial charge is 0.0267 e. The first kappa shape index (κ1) is 12.0. The third kappa shape index (κ3) is 4.56. The molecule has 0 heterocycles. The Morgan fingerprint density at radius 2 is 1.85 bits per heavy atom. The van der Waals surface area contributed by atoms with E-state index in [1.54, 1.807) is 0 Å². The van der Waals surface area contributed by atoms with Gasteiger partial charge in [0, 0.05) is 12.7 Å². The third-order valence-electron chi connectivity index (χ3n) is 1.86. The zero-order valence-corrected chi connectivity index (χ0v) is 9.44. The molecule has 0 rings (SSSR count). The zero-order valence-electron chi connectivity index (χ0n) is 9.44. The minimum absolute atomic E-state index is 0.173. The fourth-order valence-corrected chi connectivity index (χ4v) is 0.954. The van der Waals surface area contributed by atoms with Gasteiger partial charge in [0.05, 0.1) is 0 Å². The van der Waals surface area contributed by atoms with Crippen LogP contribution in [0, 0.1) is 5.41 Å². The molecule has 1 N–H and O–H groups in total. The second kappa shape index (κ2) is 4.90. The van der Waals surface area contributed by atoms with Crippen LogP contribution in [0.4, 0.5) is 0 Å². The molecule has 0 aliphatic heterocycles. The molecule has 0 aliphatic carbocycles. The molecule has 0 spiro atoms. The largest absolute Gasteiger partial charge is 0.389 e. The highest BCUT2D eigenvalue weighted by Crippen LogP contribution is 2.26. The van der Waals surface area contributed by atoms with Gasteiger partial charge < -0.3 is 5.32 Å². The quantitative estimate of drug-likeness (QED) is 0.656. The van der Waals surface area contributed by atoms with Crippen LogP contribution < -0.4 is 5.32 Å². The number of allylic oxidation sites excluding steroid dienone is 4. The van der Waals surface area contributed by atoms with Crippen LogP contribution in [0.5, 0.6) is 0 Å². The fourth-order valence-electron chi connectivity index (χ4n) is 0.954. The van der Waals surface area contributed by atoms with Crippen molar-refractivity contribution in [3.05, 3.63) is 36.1 Å². The molecule has 0 saturated heterocycles. The molecule has 0 aromatic rings. The highest BCUT2D eigenvalue weighted by atomic mass is 14.8. The van der Waals surface area contributed by atoms with Crippen LogP contribution in [0.3, 0.4) is 0 Å². The SMILES string of the molecule is C=C(/C=C(\C=C/C)C(C)(C)C)NC. The molecule has 0 radical (unpaired) electrons. The summed E-state index contributed by atoms with van der Waals surface area (Å²) in [5.41, 5.74) is 2.41. The van der Waals surface area contributed by atoms with Crippen LogP contribution in [0.25, 0.3) is 0 Å². The Bertz CT molecular complexity index is 226. The average Bonchev–Trinajstić information content (AvgIpc) is 2.01. The zero-order chi connectivity index (χ0) is 10.5. The van der Waals surface area contributed by atoms with E-state index >= 15 is 0 Å². The highest BCUT2D eigenvalue weighted by Gasteiger charge is 2.13. The van der Waals surface area contributed by atoms with E-state index in [0.29, 0.717) is 0 Å². The van der Waals surface area contributed by atoms with Crippen molar-refractivity contribution in [2.75, 3.05) is 7.05 Å². The Morgan fingerprint density at radius 3 is 2.15 bits per heavy atom. The maximum Gasteiger partial charge on any atom is 0.0267 e. The maximum atomic E-state index is 3.89. The molecule has 0 atom stereocenters. The van der Waals surface area contributed by atoms with Crippen molar-refractivity contribution < 1.29 is 0 Å². The molecule has 0 unspecified atom stereocenters. The monoisotopic (exact) mass is 179 g/mol. The van der Waals surface area contributed by atoms with E-state index in [0.717, 1.165) is 5.70 Å². The van der Waals surface area contributed by atoms with Gasteiger partial charge in [0.1, 0.15) is 0 Å².